The van der Waals surface area contributed by atoms with Crippen LogP contribution >= 0.6 is 0 Å². The Balaban J connectivity index is 2.38. The highest BCUT2D eigenvalue weighted by molar-refractivity contribution is 5.96. The van der Waals surface area contributed by atoms with Gasteiger partial charge in [-0.05, 0) is 24.2 Å². The molecule has 0 aromatic carbocycles. The lowest BCUT2D eigenvalue weighted by Gasteiger charge is -2.34. The van der Waals surface area contributed by atoms with Crippen LogP contribution in [0.4, 0.5) is 4.79 Å². The van der Waals surface area contributed by atoms with Gasteiger partial charge in [-0.15, -0.1) is 0 Å². The number of carbonyl (C=O) groups is 1. The van der Waals surface area contributed by atoms with E-state index in [4.69, 9.17) is 11.5 Å². The van der Waals surface area contributed by atoms with Crippen molar-refractivity contribution < 1.29 is 9.63 Å². The zero-order valence-corrected chi connectivity index (χ0v) is 10.7. The van der Waals surface area contributed by atoms with Crippen molar-refractivity contribution in [3.05, 3.63) is 0 Å². The number of nitrogens with two attached hydrogens (primary N) is 2. The SMILES string of the molecule is CC12CCC(C(CN)C1=NOC(N)=O)C2(C)C. The molecule has 2 aliphatic rings. The van der Waals surface area contributed by atoms with Gasteiger partial charge in [-0.1, -0.05) is 25.9 Å². The van der Waals surface area contributed by atoms with Gasteiger partial charge in [-0.25, -0.2) is 4.79 Å². The Hall–Kier alpha value is -1.10. The largest absolute Gasteiger partial charge is 0.430 e. The summed E-state index contributed by atoms with van der Waals surface area (Å²) in [5.74, 6) is 0.732. The maximum absolute atomic E-state index is 10.7. The number of oxime groups is 1. The highest BCUT2D eigenvalue weighted by Crippen LogP contribution is 2.65. The van der Waals surface area contributed by atoms with Gasteiger partial charge in [0.25, 0.3) is 0 Å². The van der Waals surface area contributed by atoms with Gasteiger partial charge in [-0.2, -0.15) is 0 Å². The Kier molecular flexibility index (Phi) is 2.69. The van der Waals surface area contributed by atoms with Gasteiger partial charge in [0.2, 0.25) is 0 Å². The van der Waals surface area contributed by atoms with E-state index in [0.717, 1.165) is 12.1 Å². The fraction of sp³-hybridized carbons (Fsp3) is 0.833. The molecule has 5 heteroatoms. The highest BCUT2D eigenvalue weighted by Gasteiger charge is 2.64. The molecule has 96 valence electrons. The van der Waals surface area contributed by atoms with Crippen molar-refractivity contribution in [1.29, 1.82) is 0 Å². The first-order valence-electron chi connectivity index (χ1n) is 6.09. The Labute approximate surface area is 102 Å². The minimum atomic E-state index is -0.863. The molecule has 0 aliphatic heterocycles. The lowest BCUT2D eigenvalue weighted by molar-refractivity contribution is 0.156. The van der Waals surface area contributed by atoms with Crippen molar-refractivity contribution >= 4 is 11.8 Å². The first-order valence-corrected chi connectivity index (χ1v) is 6.09. The van der Waals surface area contributed by atoms with Crippen LogP contribution in [0.5, 0.6) is 0 Å². The summed E-state index contributed by atoms with van der Waals surface area (Å²) in [6, 6.07) is 0. The van der Waals surface area contributed by atoms with Crippen LogP contribution < -0.4 is 11.5 Å². The number of amides is 1. The predicted molar refractivity (Wildman–Crippen MR) is 65.3 cm³/mol. The fourth-order valence-electron chi connectivity index (χ4n) is 3.84. The molecule has 0 aromatic heterocycles. The molecule has 2 bridgehead atoms. The van der Waals surface area contributed by atoms with Crippen LogP contribution in [0.3, 0.4) is 0 Å². The van der Waals surface area contributed by atoms with Crippen molar-refractivity contribution in [3.8, 4) is 0 Å². The van der Waals surface area contributed by atoms with E-state index in [0.29, 0.717) is 12.5 Å². The van der Waals surface area contributed by atoms with Crippen molar-refractivity contribution in [1.82, 2.24) is 0 Å². The third-order valence-electron chi connectivity index (χ3n) is 5.19. The van der Waals surface area contributed by atoms with E-state index in [2.05, 4.69) is 30.8 Å². The van der Waals surface area contributed by atoms with Gasteiger partial charge in [-0.3, -0.25) is 4.84 Å². The monoisotopic (exact) mass is 239 g/mol. The maximum Gasteiger partial charge on any atom is 0.430 e. The Bertz CT molecular complexity index is 378. The molecule has 2 rings (SSSR count). The zero-order chi connectivity index (χ0) is 12.8. The summed E-state index contributed by atoms with van der Waals surface area (Å²) in [7, 11) is 0. The minimum absolute atomic E-state index is 0.0306. The number of carbonyl (C=O) groups excluding carboxylic acids is 1. The number of hydrogen-bond donors (Lipinski definition) is 2. The number of fused-ring (bicyclic) bond motifs is 2. The van der Waals surface area contributed by atoms with Crippen LogP contribution in [-0.2, 0) is 4.84 Å². The molecule has 0 spiro atoms. The Morgan fingerprint density at radius 2 is 2.18 bits per heavy atom. The predicted octanol–water partition coefficient (Wildman–Crippen LogP) is 1.47. The molecule has 3 unspecified atom stereocenters. The molecule has 2 saturated carbocycles. The summed E-state index contributed by atoms with van der Waals surface area (Å²) in [6.07, 6.45) is 1.38. The van der Waals surface area contributed by atoms with Gasteiger partial charge in [0.05, 0.1) is 5.71 Å². The molecule has 0 saturated heterocycles. The van der Waals surface area contributed by atoms with Gasteiger partial charge in [0.1, 0.15) is 0 Å². The molecule has 0 radical (unpaired) electrons. The number of rotatable bonds is 2. The van der Waals surface area contributed by atoms with Crippen LogP contribution in [0.1, 0.15) is 33.6 Å². The summed E-state index contributed by atoms with van der Waals surface area (Å²) >= 11 is 0. The van der Waals surface area contributed by atoms with E-state index < -0.39 is 6.09 Å². The van der Waals surface area contributed by atoms with Gasteiger partial charge in [0.15, 0.2) is 0 Å². The smallest absolute Gasteiger partial charge is 0.333 e. The summed E-state index contributed by atoms with van der Waals surface area (Å²) in [6.45, 7) is 7.23. The summed E-state index contributed by atoms with van der Waals surface area (Å²) in [5, 5.41) is 3.99. The summed E-state index contributed by atoms with van der Waals surface area (Å²) in [5.41, 5.74) is 11.8. The maximum atomic E-state index is 10.7. The van der Waals surface area contributed by atoms with Crippen molar-refractivity contribution in [3.63, 3.8) is 0 Å². The molecule has 0 heterocycles. The second kappa shape index (κ2) is 3.70. The first kappa shape index (κ1) is 12.4. The number of primary amides is 1. The van der Waals surface area contributed by atoms with Crippen LogP contribution in [0.25, 0.3) is 0 Å². The first-order chi connectivity index (χ1) is 7.84. The van der Waals surface area contributed by atoms with E-state index in [9.17, 15) is 4.79 Å². The third kappa shape index (κ3) is 1.48. The standard InChI is InChI=1S/C12H21N3O2/c1-11(2)8-4-5-12(11,3)9(7(8)6-13)15-17-10(14)16/h7-8H,4-6,13H2,1-3H3,(H2,14,16). The molecular weight excluding hydrogens is 218 g/mol. The average molecular weight is 239 g/mol. The second-order valence-corrected chi connectivity index (χ2v) is 5.93. The summed E-state index contributed by atoms with van der Waals surface area (Å²) < 4.78 is 0. The normalized spacial score (nSPS) is 40.8. The van der Waals surface area contributed by atoms with Crippen molar-refractivity contribution in [2.75, 3.05) is 6.54 Å². The molecule has 5 nitrogen and oxygen atoms in total. The molecule has 4 N–H and O–H groups in total. The Morgan fingerprint density at radius 1 is 1.53 bits per heavy atom. The van der Waals surface area contributed by atoms with Crippen LogP contribution in [0.15, 0.2) is 5.16 Å². The lowest BCUT2D eigenvalue weighted by Crippen LogP contribution is -2.36. The average Bonchev–Trinajstić information content (AvgIpc) is 2.56. The van der Waals surface area contributed by atoms with Crippen molar-refractivity contribution in [2.24, 2.45) is 39.3 Å². The molecule has 1 amide bonds. The topological polar surface area (TPSA) is 90.7 Å². The number of nitrogens with zero attached hydrogens (tertiary/aromatic N) is 1. The molecule has 2 fully saturated rings. The van der Waals surface area contributed by atoms with Gasteiger partial charge in [0, 0.05) is 17.9 Å². The van der Waals surface area contributed by atoms with E-state index in [-0.39, 0.29) is 16.7 Å². The Morgan fingerprint density at radius 3 is 2.71 bits per heavy atom. The quantitative estimate of drug-likeness (QED) is 0.564. The van der Waals surface area contributed by atoms with E-state index in [1.54, 1.807) is 0 Å². The van der Waals surface area contributed by atoms with E-state index in [1.807, 2.05) is 0 Å². The third-order valence-corrected chi connectivity index (χ3v) is 5.19. The molecule has 2 aliphatic carbocycles. The minimum Gasteiger partial charge on any atom is -0.333 e. The lowest BCUT2D eigenvalue weighted by atomic mass is 9.70. The van der Waals surface area contributed by atoms with Gasteiger partial charge >= 0.3 is 6.09 Å². The molecular formula is C12H21N3O2. The van der Waals surface area contributed by atoms with Crippen LogP contribution in [0, 0.1) is 22.7 Å². The zero-order valence-electron chi connectivity index (χ0n) is 10.7. The molecule has 3 atom stereocenters. The molecule has 17 heavy (non-hydrogen) atoms. The van der Waals surface area contributed by atoms with Crippen LogP contribution in [-0.4, -0.2) is 18.3 Å². The van der Waals surface area contributed by atoms with Crippen molar-refractivity contribution in [2.45, 2.75) is 33.6 Å². The van der Waals surface area contributed by atoms with Crippen LogP contribution in [0.2, 0.25) is 0 Å². The van der Waals surface area contributed by atoms with E-state index in [1.165, 1.54) is 6.42 Å². The second-order valence-electron chi connectivity index (χ2n) is 5.93. The summed E-state index contributed by atoms with van der Waals surface area (Å²) in [4.78, 5) is 15.3. The van der Waals surface area contributed by atoms with E-state index >= 15 is 0 Å². The molecule has 0 aromatic rings. The number of hydrogen-bond acceptors (Lipinski definition) is 4. The fourth-order valence-corrected chi connectivity index (χ4v) is 3.84. The van der Waals surface area contributed by atoms with Gasteiger partial charge < -0.3 is 11.5 Å². The highest BCUT2D eigenvalue weighted by atomic mass is 16.7.